The first-order valence-electron chi connectivity index (χ1n) is 7.78. The number of carbonyl (C=O) groups excluding carboxylic acids is 1. The van der Waals surface area contributed by atoms with E-state index in [0.29, 0.717) is 12.2 Å². The monoisotopic (exact) mass is 310 g/mol. The number of hydrogen-bond donors (Lipinski definition) is 1. The molecule has 0 spiro atoms. The molecule has 7 heteroatoms. The minimum absolute atomic E-state index is 0.00193. The van der Waals surface area contributed by atoms with Crippen LogP contribution in [0.2, 0.25) is 0 Å². The molecule has 1 aliphatic rings. The molecule has 7 nitrogen and oxygen atoms in total. The quantitative estimate of drug-likeness (QED) is 0.781. The van der Waals surface area contributed by atoms with Gasteiger partial charge in [0.15, 0.2) is 5.65 Å². The van der Waals surface area contributed by atoms with E-state index < -0.39 is 0 Å². The molecule has 118 valence electrons. The third kappa shape index (κ3) is 2.58. The van der Waals surface area contributed by atoms with Crippen LogP contribution in [-0.2, 0) is 7.05 Å². The zero-order valence-electron chi connectivity index (χ0n) is 12.9. The molecule has 0 aliphatic carbocycles. The minimum atomic E-state index is -0.00193. The van der Waals surface area contributed by atoms with Crippen LogP contribution in [0.3, 0.4) is 0 Å². The van der Waals surface area contributed by atoms with E-state index in [0.717, 1.165) is 36.1 Å². The van der Waals surface area contributed by atoms with Crippen molar-refractivity contribution in [1.29, 1.82) is 0 Å². The highest BCUT2D eigenvalue weighted by molar-refractivity contribution is 5.92. The number of aryl methyl sites for hydroxylation is 1. The molecular weight excluding hydrogens is 292 g/mol. The largest absolute Gasteiger partial charge is 0.340 e. The number of nitrogens with one attached hydrogen (secondary N) is 1. The number of imidazole rings is 1. The van der Waals surface area contributed by atoms with Crippen molar-refractivity contribution in [2.75, 3.05) is 13.1 Å². The van der Waals surface area contributed by atoms with E-state index in [1.165, 1.54) is 0 Å². The van der Waals surface area contributed by atoms with Crippen LogP contribution in [0.15, 0.2) is 30.9 Å². The number of fused-ring (bicyclic) bond motifs is 1. The van der Waals surface area contributed by atoms with E-state index in [2.05, 4.69) is 20.2 Å². The topological polar surface area (TPSA) is 79.7 Å². The van der Waals surface area contributed by atoms with Crippen LogP contribution in [0.25, 0.3) is 11.0 Å². The summed E-state index contributed by atoms with van der Waals surface area (Å²) in [5.41, 5.74) is 2.32. The average Bonchev–Trinajstić information content (AvgIpc) is 3.22. The Kier molecular flexibility index (Phi) is 3.33. The van der Waals surface area contributed by atoms with Gasteiger partial charge in [0, 0.05) is 43.3 Å². The maximum Gasteiger partial charge on any atom is 0.274 e. The molecule has 23 heavy (non-hydrogen) atoms. The Morgan fingerprint density at radius 1 is 1.39 bits per heavy atom. The highest BCUT2D eigenvalue weighted by atomic mass is 16.2. The first-order valence-corrected chi connectivity index (χ1v) is 7.78. The van der Waals surface area contributed by atoms with Crippen molar-refractivity contribution in [3.05, 3.63) is 42.2 Å². The predicted octanol–water partition coefficient (Wildman–Crippen LogP) is 1.71. The van der Waals surface area contributed by atoms with Gasteiger partial charge < -0.3 is 9.47 Å². The molecule has 1 N–H and O–H groups in total. The lowest BCUT2D eigenvalue weighted by Crippen LogP contribution is -2.39. The Hall–Kier alpha value is -2.70. The lowest BCUT2D eigenvalue weighted by Gasteiger charge is -2.32. The Bertz CT molecular complexity index is 851. The lowest BCUT2D eigenvalue weighted by atomic mass is 9.94. The number of carbonyl (C=O) groups is 1. The molecular formula is C16H18N6O. The van der Waals surface area contributed by atoms with Gasteiger partial charge in [-0.3, -0.25) is 9.89 Å². The van der Waals surface area contributed by atoms with Crippen molar-refractivity contribution >= 4 is 16.9 Å². The van der Waals surface area contributed by atoms with Gasteiger partial charge in [0.05, 0.1) is 12.5 Å². The van der Waals surface area contributed by atoms with Gasteiger partial charge in [-0.1, -0.05) is 0 Å². The second-order valence-electron chi connectivity index (χ2n) is 6.06. The molecule has 0 bridgehead atoms. The molecule has 4 rings (SSSR count). The zero-order valence-corrected chi connectivity index (χ0v) is 12.9. The van der Waals surface area contributed by atoms with E-state index in [-0.39, 0.29) is 11.8 Å². The van der Waals surface area contributed by atoms with Gasteiger partial charge in [-0.05, 0) is 25.0 Å². The fraction of sp³-hybridized carbons (Fsp3) is 0.375. The van der Waals surface area contributed by atoms with Crippen molar-refractivity contribution in [1.82, 2.24) is 29.6 Å². The normalized spacial score (nSPS) is 18.5. The standard InChI is InChI=1S/C16H18N6O/c1-21-9-14(17-10-21)16(23)22-6-2-3-12(8-22)13-5-4-11-7-18-20-15(11)19-13/h4-5,7,9-10,12H,2-3,6,8H2,1H3,(H,18,19,20)/t12-/m0/s1. The van der Waals surface area contributed by atoms with Crippen LogP contribution >= 0.6 is 0 Å². The second kappa shape index (κ2) is 5.49. The van der Waals surface area contributed by atoms with E-state index in [1.54, 1.807) is 23.3 Å². The van der Waals surface area contributed by atoms with Crippen molar-refractivity contribution in [3.8, 4) is 0 Å². The fourth-order valence-corrected chi connectivity index (χ4v) is 3.16. The molecule has 0 aromatic carbocycles. The molecule has 0 radical (unpaired) electrons. The summed E-state index contributed by atoms with van der Waals surface area (Å²) in [6, 6.07) is 4.07. The van der Waals surface area contributed by atoms with Gasteiger partial charge >= 0.3 is 0 Å². The number of hydrogen-bond acceptors (Lipinski definition) is 4. The molecule has 1 amide bonds. The number of likely N-dealkylation sites (tertiary alicyclic amines) is 1. The second-order valence-corrected chi connectivity index (χ2v) is 6.06. The summed E-state index contributed by atoms with van der Waals surface area (Å²) >= 11 is 0. The highest BCUT2D eigenvalue weighted by Crippen LogP contribution is 2.27. The molecule has 1 fully saturated rings. The van der Waals surface area contributed by atoms with Crippen LogP contribution in [0.5, 0.6) is 0 Å². The van der Waals surface area contributed by atoms with E-state index in [1.807, 2.05) is 24.1 Å². The summed E-state index contributed by atoms with van der Waals surface area (Å²) in [4.78, 5) is 23.3. The SMILES string of the molecule is Cn1cnc(C(=O)N2CCC[C@H](c3ccc4cn[nH]c4n3)C2)c1. The van der Waals surface area contributed by atoms with Gasteiger partial charge in [-0.15, -0.1) is 0 Å². The molecule has 4 heterocycles. The number of pyridine rings is 1. The molecule has 0 saturated carbocycles. The van der Waals surface area contributed by atoms with Gasteiger partial charge in [0.1, 0.15) is 5.69 Å². The predicted molar refractivity (Wildman–Crippen MR) is 85.0 cm³/mol. The summed E-state index contributed by atoms with van der Waals surface area (Å²) in [6.07, 6.45) is 7.21. The van der Waals surface area contributed by atoms with E-state index >= 15 is 0 Å². The maximum absolute atomic E-state index is 12.6. The van der Waals surface area contributed by atoms with Crippen LogP contribution in [0, 0.1) is 0 Å². The van der Waals surface area contributed by atoms with E-state index in [4.69, 9.17) is 0 Å². The summed E-state index contributed by atoms with van der Waals surface area (Å²) in [5, 5.41) is 7.92. The third-order valence-corrected chi connectivity index (χ3v) is 4.37. The highest BCUT2D eigenvalue weighted by Gasteiger charge is 2.27. The van der Waals surface area contributed by atoms with Crippen LogP contribution in [-0.4, -0.2) is 48.6 Å². The van der Waals surface area contributed by atoms with Gasteiger partial charge in [-0.2, -0.15) is 5.10 Å². The summed E-state index contributed by atoms with van der Waals surface area (Å²) in [6.45, 7) is 1.46. The Balaban J connectivity index is 1.55. The number of aromatic amines is 1. The number of H-pyrrole nitrogens is 1. The molecule has 3 aromatic rings. The maximum atomic E-state index is 12.6. The summed E-state index contributed by atoms with van der Waals surface area (Å²) in [7, 11) is 1.87. The Morgan fingerprint density at radius 2 is 2.30 bits per heavy atom. The first kappa shape index (κ1) is 13.9. The van der Waals surface area contributed by atoms with Crippen LogP contribution in [0.4, 0.5) is 0 Å². The van der Waals surface area contributed by atoms with Gasteiger partial charge in [0.25, 0.3) is 5.91 Å². The molecule has 0 unspecified atom stereocenters. The number of amides is 1. The third-order valence-electron chi connectivity index (χ3n) is 4.37. The summed E-state index contributed by atoms with van der Waals surface area (Å²) < 4.78 is 1.79. The Labute approximate surface area is 133 Å². The first-order chi connectivity index (χ1) is 11.2. The summed E-state index contributed by atoms with van der Waals surface area (Å²) in [5.74, 6) is 0.252. The molecule has 1 atom stereocenters. The number of aromatic nitrogens is 5. The Morgan fingerprint density at radius 3 is 3.13 bits per heavy atom. The smallest absolute Gasteiger partial charge is 0.274 e. The average molecular weight is 310 g/mol. The van der Waals surface area contributed by atoms with Crippen LogP contribution in [0.1, 0.15) is 34.9 Å². The van der Waals surface area contributed by atoms with Crippen molar-refractivity contribution < 1.29 is 4.79 Å². The van der Waals surface area contributed by atoms with E-state index in [9.17, 15) is 4.79 Å². The van der Waals surface area contributed by atoms with Crippen molar-refractivity contribution in [2.45, 2.75) is 18.8 Å². The number of nitrogens with zero attached hydrogens (tertiary/aromatic N) is 5. The fourth-order valence-electron chi connectivity index (χ4n) is 3.16. The molecule has 1 saturated heterocycles. The van der Waals surface area contributed by atoms with Gasteiger partial charge in [0.2, 0.25) is 0 Å². The van der Waals surface area contributed by atoms with Crippen LogP contribution < -0.4 is 0 Å². The van der Waals surface area contributed by atoms with Gasteiger partial charge in [-0.25, -0.2) is 9.97 Å². The number of piperidine rings is 1. The molecule has 1 aliphatic heterocycles. The van der Waals surface area contributed by atoms with Crippen molar-refractivity contribution in [3.63, 3.8) is 0 Å². The minimum Gasteiger partial charge on any atom is -0.340 e. The zero-order chi connectivity index (χ0) is 15.8. The van der Waals surface area contributed by atoms with Crippen molar-refractivity contribution in [2.24, 2.45) is 7.05 Å². The molecule has 3 aromatic heterocycles. The lowest BCUT2D eigenvalue weighted by molar-refractivity contribution is 0.0700. The number of rotatable bonds is 2.